The van der Waals surface area contributed by atoms with Crippen molar-refractivity contribution in [2.24, 2.45) is 0 Å². The molecule has 0 N–H and O–H groups in total. The van der Waals surface area contributed by atoms with Gasteiger partial charge in [-0.05, 0) is 0 Å². The molecule has 0 unspecified atom stereocenters. The van der Waals surface area contributed by atoms with Crippen LogP contribution >= 0.6 is 0 Å². The van der Waals surface area contributed by atoms with Crippen LogP contribution in [0.2, 0.25) is 0 Å². The lowest BCUT2D eigenvalue weighted by Gasteiger charge is -2.11. The largest absolute Gasteiger partial charge is 0.298 e. The predicted molar refractivity (Wildman–Crippen MR) is 32.1 cm³/mol. The van der Waals surface area contributed by atoms with Crippen molar-refractivity contribution in [3.63, 3.8) is 0 Å². The lowest BCUT2D eigenvalue weighted by Crippen LogP contribution is -2.26. The summed E-state index contributed by atoms with van der Waals surface area (Å²) >= 11 is 0. The second-order valence-corrected chi connectivity index (χ2v) is 2.41. The SMILES string of the molecule is O=C1CCN(CC(F)F)C1. The van der Waals surface area contributed by atoms with Crippen LogP contribution in [0.3, 0.4) is 0 Å². The van der Waals surface area contributed by atoms with Gasteiger partial charge in [0.25, 0.3) is 6.43 Å². The van der Waals surface area contributed by atoms with E-state index in [2.05, 4.69) is 0 Å². The average Bonchev–Trinajstić information content (AvgIpc) is 2.13. The first-order valence-electron chi connectivity index (χ1n) is 3.20. The Hall–Kier alpha value is -0.510. The molecule has 1 heterocycles. The first-order valence-corrected chi connectivity index (χ1v) is 3.20. The Morgan fingerprint density at radius 1 is 1.60 bits per heavy atom. The Kier molecular flexibility index (Phi) is 2.32. The first kappa shape index (κ1) is 7.60. The zero-order valence-corrected chi connectivity index (χ0v) is 5.52. The van der Waals surface area contributed by atoms with E-state index in [-0.39, 0.29) is 18.9 Å². The third-order valence-corrected chi connectivity index (χ3v) is 1.50. The third-order valence-electron chi connectivity index (χ3n) is 1.50. The lowest BCUT2D eigenvalue weighted by molar-refractivity contribution is -0.117. The number of hydrogen-bond acceptors (Lipinski definition) is 2. The van der Waals surface area contributed by atoms with E-state index in [1.165, 1.54) is 4.90 Å². The van der Waals surface area contributed by atoms with E-state index in [0.29, 0.717) is 13.0 Å². The molecule has 1 rings (SSSR count). The van der Waals surface area contributed by atoms with Crippen LogP contribution in [0.4, 0.5) is 8.78 Å². The smallest absolute Gasteiger partial charge is 0.251 e. The van der Waals surface area contributed by atoms with Gasteiger partial charge in [0.05, 0.1) is 13.1 Å². The summed E-state index contributed by atoms with van der Waals surface area (Å²) in [5, 5.41) is 0. The van der Waals surface area contributed by atoms with Gasteiger partial charge in [0.15, 0.2) is 0 Å². The highest BCUT2D eigenvalue weighted by Gasteiger charge is 2.21. The van der Waals surface area contributed by atoms with Gasteiger partial charge in [-0.15, -0.1) is 0 Å². The van der Waals surface area contributed by atoms with Crippen molar-refractivity contribution in [3.05, 3.63) is 0 Å². The molecule has 0 atom stereocenters. The fraction of sp³-hybridized carbons (Fsp3) is 0.833. The summed E-state index contributed by atoms with van der Waals surface area (Å²) in [6.07, 6.45) is -1.88. The van der Waals surface area contributed by atoms with Gasteiger partial charge >= 0.3 is 0 Å². The number of hydrogen-bond donors (Lipinski definition) is 0. The zero-order chi connectivity index (χ0) is 7.56. The van der Waals surface area contributed by atoms with Crippen LogP contribution in [0.25, 0.3) is 0 Å². The molecule has 1 aliphatic rings. The van der Waals surface area contributed by atoms with Gasteiger partial charge in [-0.1, -0.05) is 0 Å². The van der Waals surface area contributed by atoms with Crippen molar-refractivity contribution >= 4 is 5.78 Å². The molecule has 0 saturated carbocycles. The second-order valence-electron chi connectivity index (χ2n) is 2.41. The molecule has 0 aromatic carbocycles. The second kappa shape index (κ2) is 3.05. The Balaban J connectivity index is 2.24. The molecule has 0 amide bonds. The van der Waals surface area contributed by atoms with Crippen molar-refractivity contribution < 1.29 is 13.6 Å². The van der Waals surface area contributed by atoms with Gasteiger partial charge in [0, 0.05) is 13.0 Å². The molecule has 0 aromatic rings. The number of carbonyl (C=O) groups excluding carboxylic acids is 1. The maximum Gasteiger partial charge on any atom is 0.251 e. The number of nitrogens with zero attached hydrogens (tertiary/aromatic N) is 1. The number of halogens is 2. The van der Waals surface area contributed by atoms with Gasteiger partial charge in [-0.2, -0.15) is 0 Å². The number of carbonyl (C=O) groups is 1. The number of rotatable bonds is 2. The molecule has 58 valence electrons. The topological polar surface area (TPSA) is 20.3 Å². The van der Waals surface area contributed by atoms with Crippen LogP contribution in [0.1, 0.15) is 6.42 Å². The highest BCUT2D eigenvalue weighted by Crippen LogP contribution is 2.06. The van der Waals surface area contributed by atoms with Crippen LogP contribution in [-0.2, 0) is 4.79 Å². The van der Waals surface area contributed by atoms with E-state index in [4.69, 9.17) is 0 Å². The number of Topliss-reactive ketones (excluding diaryl/α,β-unsaturated/α-hetero) is 1. The normalized spacial score (nSPS) is 20.9. The lowest BCUT2D eigenvalue weighted by atomic mass is 10.4. The molecule has 0 aliphatic carbocycles. The minimum absolute atomic E-state index is 0.0700. The number of likely N-dealkylation sites (tertiary alicyclic amines) is 1. The summed E-state index contributed by atoms with van der Waals surface area (Å²) in [5.41, 5.74) is 0. The zero-order valence-electron chi connectivity index (χ0n) is 5.52. The van der Waals surface area contributed by atoms with E-state index in [9.17, 15) is 13.6 Å². The summed E-state index contributed by atoms with van der Waals surface area (Å²) in [7, 11) is 0. The van der Waals surface area contributed by atoms with Crippen LogP contribution in [-0.4, -0.2) is 36.7 Å². The molecule has 0 bridgehead atoms. The van der Waals surface area contributed by atoms with Crippen LogP contribution < -0.4 is 0 Å². The Bertz CT molecular complexity index is 138. The summed E-state index contributed by atoms with van der Waals surface area (Å²) in [5.74, 6) is 0.0700. The van der Waals surface area contributed by atoms with E-state index in [1.54, 1.807) is 0 Å². The molecule has 1 fully saturated rings. The highest BCUT2D eigenvalue weighted by atomic mass is 19.3. The Morgan fingerprint density at radius 3 is 2.70 bits per heavy atom. The number of alkyl halides is 2. The molecule has 1 saturated heterocycles. The molecule has 1 aliphatic heterocycles. The van der Waals surface area contributed by atoms with Gasteiger partial charge in [0.1, 0.15) is 5.78 Å². The molecular formula is C6H9F2NO. The van der Waals surface area contributed by atoms with Crippen LogP contribution in [0.15, 0.2) is 0 Å². The Morgan fingerprint density at radius 2 is 2.30 bits per heavy atom. The molecular weight excluding hydrogens is 140 g/mol. The molecule has 0 aromatic heterocycles. The van der Waals surface area contributed by atoms with Crippen molar-refractivity contribution in [1.82, 2.24) is 4.90 Å². The molecule has 0 radical (unpaired) electrons. The van der Waals surface area contributed by atoms with E-state index < -0.39 is 6.43 Å². The fourth-order valence-electron chi connectivity index (χ4n) is 1.04. The van der Waals surface area contributed by atoms with Crippen molar-refractivity contribution in [1.29, 1.82) is 0 Å². The summed E-state index contributed by atoms with van der Waals surface area (Å²) in [4.78, 5) is 12.0. The fourth-order valence-corrected chi connectivity index (χ4v) is 1.04. The maximum absolute atomic E-state index is 11.7. The summed E-state index contributed by atoms with van der Waals surface area (Å²) in [6, 6.07) is 0. The van der Waals surface area contributed by atoms with Gasteiger partial charge < -0.3 is 0 Å². The minimum atomic E-state index is -2.31. The molecule has 2 nitrogen and oxygen atoms in total. The monoisotopic (exact) mass is 149 g/mol. The van der Waals surface area contributed by atoms with E-state index >= 15 is 0 Å². The highest BCUT2D eigenvalue weighted by molar-refractivity contribution is 5.82. The standard InChI is InChI=1S/C6H9F2NO/c7-6(8)4-9-2-1-5(10)3-9/h6H,1-4H2. The predicted octanol–water partition coefficient (Wildman–Crippen LogP) is 0.526. The van der Waals surface area contributed by atoms with E-state index in [0.717, 1.165) is 0 Å². The minimum Gasteiger partial charge on any atom is -0.298 e. The molecule has 10 heavy (non-hydrogen) atoms. The summed E-state index contributed by atoms with van der Waals surface area (Å²) in [6.45, 7) is 0.458. The van der Waals surface area contributed by atoms with Crippen LogP contribution in [0.5, 0.6) is 0 Å². The number of ketones is 1. The Labute approximate surface area is 57.8 Å². The van der Waals surface area contributed by atoms with Crippen molar-refractivity contribution in [2.75, 3.05) is 19.6 Å². The van der Waals surface area contributed by atoms with Gasteiger partial charge in [-0.25, -0.2) is 8.78 Å². The molecule has 4 heteroatoms. The van der Waals surface area contributed by atoms with Gasteiger partial charge in [0.2, 0.25) is 0 Å². The van der Waals surface area contributed by atoms with E-state index in [1.807, 2.05) is 0 Å². The average molecular weight is 149 g/mol. The maximum atomic E-state index is 11.7. The van der Waals surface area contributed by atoms with Gasteiger partial charge in [-0.3, -0.25) is 9.69 Å². The quantitative estimate of drug-likeness (QED) is 0.570. The van der Waals surface area contributed by atoms with Crippen LogP contribution in [0, 0.1) is 0 Å². The summed E-state index contributed by atoms with van der Waals surface area (Å²) < 4.78 is 23.3. The van der Waals surface area contributed by atoms with Crippen molar-refractivity contribution in [2.45, 2.75) is 12.8 Å². The molecule has 0 spiro atoms. The first-order chi connectivity index (χ1) is 4.68. The van der Waals surface area contributed by atoms with Crippen molar-refractivity contribution in [3.8, 4) is 0 Å². The third kappa shape index (κ3) is 2.02.